The Hall–Kier alpha value is -2.66. The van der Waals surface area contributed by atoms with Crippen LogP contribution in [0.1, 0.15) is 11.1 Å². The van der Waals surface area contributed by atoms with Gasteiger partial charge >= 0.3 is 6.18 Å². The molecule has 1 aromatic carbocycles. The Morgan fingerprint density at radius 2 is 1.95 bits per heavy atom. The van der Waals surface area contributed by atoms with E-state index in [0.29, 0.717) is 11.1 Å². The fourth-order valence-electron chi connectivity index (χ4n) is 2.17. The minimum Gasteiger partial charge on any atom is -0.481 e. The van der Waals surface area contributed by atoms with Gasteiger partial charge < -0.3 is 4.74 Å². The predicted octanol–water partition coefficient (Wildman–Crippen LogP) is 4.05. The SMILES string of the molecule is COc1ncccc1-c1ccc(C(F)(F)F)c(C)c1N=C=O. The fourth-order valence-corrected chi connectivity index (χ4v) is 2.17. The normalized spacial score (nSPS) is 11.0. The van der Waals surface area contributed by atoms with Gasteiger partial charge in [0.05, 0.1) is 18.4 Å². The molecule has 0 aliphatic carbocycles. The summed E-state index contributed by atoms with van der Waals surface area (Å²) in [4.78, 5) is 18.0. The number of rotatable bonds is 3. The quantitative estimate of drug-likeness (QED) is 0.635. The summed E-state index contributed by atoms with van der Waals surface area (Å²) in [5, 5.41) is 0. The lowest BCUT2D eigenvalue weighted by Gasteiger charge is -2.15. The van der Waals surface area contributed by atoms with Gasteiger partial charge in [-0.15, -0.1) is 0 Å². The minimum atomic E-state index is -4.53. The van der Waals surface area contributed by atoms with Gasteiger partial charge in [-0.2, -0.15) is 18.2 Å². The molecule has 0 spiro atoms. The molecule has 1 heterocycles. The molecular weight excluding hydrogens is 297 g/mol. The summed E-state index contributed by atoms with van der Waals surface area (Å²) in [5.41, 5.74) is -0.349. The molecule has 22 heavy (non-hydrogen) atoms. The van der Waals surface area contributed by atoms with E-state index in [9.17, 15) is 18.0 Å². The maximum absolute atomic E-state index is 13.0. The molecular formula is C15H11F3N2O2. The van der Waals surface area contributed by atoms with Crippen molar-refractivity contribution in [2.75, 3.05) is 7.11 Å². The van der Waals surface area contributed by atoms with Crippen LogP contribution in [0.15, 0.2) is 35.5 Å². The Kier molecular flexibility index (Phi) is 4.28. The number of isocyanates is 1. The molecule has 0 atom stereocenters. The second-order valence-corrected chi connectivity index (χ2v) is 4.40. The van der Waals surface area contributed by atoms with E-state index in [0.717, 1.165) is 6.07 Å². The molecule has 0 fully saturated rings. The number of pyridine rings is 1. The van der Waals surface area contributed by atoms with E-state index in [1.165, 1.54) is 32.4 Å². The van der Waals surface area contributed by atoms with Gasteiger partial charge in [0, 0.05) is 17.3 Å². The number of alkyl halides is 3. The molecule has 2 rings (SSSR count). The van der Waals surface area contributed by atoms with Crippen molar-refractivity contribution >= 4 is 11.8 Å². The first kappa shape index (κ1) is 15.7. The van der Waals surface area contributed by atoms with Crippen LogP contribution in [0, 0.1) is 6.92 Å². The molecule has 0 bridgehead atoms. The van der Waals surface area contributed by atoms with Gasteiger partial charge in [-0.3, -0.25) is 0 Å². The largest absolute Gasteiger partial charge is 0.481 e. The monoisotopic (exact) mass is 308 g/mol. The van der Waals surface area contributed by atoms with E-state index in [-0.39, 0.29) is 17.1 Å². The third-order valence-electron chi connectivity index (χ3n) is 3.15. The standard InChI is InChI=1S/C15H11F3N2O2/c1-9-12(15(16,17)18)6-5-10(13(9)20-8-21)11-4-3-7-19-14(11)22-2/h3-7H,1-2H3. The molecule has 0 saturated heterocycles. The van der Waals surface area contributed by atoms with Crippen molar-refractivity contribution in [3.8, 4) is 17.0 Å². The lowest BCUT2D eigenvalue weighted by Crippen LogP contribution is -2.07. The highest BCUT2D eigenvalue weighted by molar-refractivity contribution is 5.83. The van der Waals surface area contributed by atoms with E-state index in [4.69, 9.17) is 4.74 Å². The number of halogens is 3. The van der Waals surface area contributed by atoms with Crippen LogP contribution in [0.4, 0.5) is 18.9 Å². The van der Waals surface area contributed by atoms with Crippen LogP contribution in [0.3, 0.4) is 0 Å². The highest BCUT2D eigenvalue weighted by Crippen LogP contribution is 2.42. The van der Waals surface area contributed by atoms with Gasteiger partial charge in [-0.25, -0.2) is 9.78 Å². The van der Waals surface area contributed by atoms with Crippen LogP contribution in [0.2, 0.25) is 0 Å². The molecule has 0 N–H and O–H groups in total. The molecule has 0 aliphatic heterocycles. The summed E-state index contributed by atoms with van der Waals surface area (Å²) in [7, 11) is 1.39. The number of hydrogen-bond donors (Lipinski definition) is 0. The number of nitrogens with zero attached hydrogens (tertiary/aromatic N) is 2. The van der Waals surface area contributed by atoms with Crippen LogP contribution in [-0.2, 0) is 11.0 Å². The van der Waals surface area contributed by atoms with Crippen LogP contribution < -0.4 is 4.74 Å². The molecule has 0 radical (unpaired) electrons. The molecule has 0 aliphatic rings. The number of aliphatic imine (C=N–C) groups is 1. The van der Waals surface area contributed by atoms with Crippen molar-refractivity contribution in [3.05, 3.63) is 41.6 Å². The molecule has 2 aromatic rings. The van der Waals surface area contributed by atoms with Crippen molar-refractivity contribution in [3.63, 3.8) is 0 Å². The smallest absolute Gasteiger partial charge is 0.416 e. The highest BCUT2D eigenvalue weighted by Gasteiger charge is 2.34. The molecule has 0 saturated carbocycles. The van der Waals surface area contributed by atoms with Crippen LogP contribution in [-0.4, -0.2) is 18.2 Å². The van der Waals surface area contributed by atoms with Crippen LogP contribution >= 0.6 is 0 Å². The lowest BCUT2D eigenvalue weighted by atomic mass is 9.97. The van der Waals surface area contributed by atoms with Crippen molar-refractivity contribution in [2.45, 2.75) is 13.1 Å². The highest BCUT2D eigenvalue weighted by atomic mass is 19.4. The number of ether oxygens (including phenoxy) is 1. The Morgan fingerprint density at radius 1 is 1.23 bits per heavy atom. The maximum atomic E-state index is 13.0. The van der Waals surface area contributed by atoms with E-state index in [1.807, 2.05) is 0 Å². The summed E-state index contributed by atoms with van der Waals surface area (Å²) < 4.78 is 44.0. The lowest BCUT2D eigenvalue weighted by molar-refractivity contribution is -0.138. The van der Waals surface area contributed by atoms with Crippen molar-refractivity contribution < 1.29 is 22.7 Å². The van der Waals surface area contributed by atoms with Gasteiger partial charge in [-0.1, -0.05) is 6.07 Å². The zero-order chi connectivity index (χ0) is 16.3. The second-order valence-electron chi connectivity index (χ2n) is 4.40. The van der Waals surface area contributed by atoms with Gasteiger partial charge in [0.2, 0.25) is 12.0 Å². The molecule has 7 heteroatoms. The van der Waals surface area contributed by atoms with Gasteiger partial charge in [0.25, 0.3) is 0 Å². The average Bonchev–Trinajstić information content (AvgIpc) is 2.48. The van der Waals surface area contributed by atoms with Crippen LogP contribution in [0.5, 0.6) is 5.88 Å². The Bertz CT molecular complexity index is 751. The minimum absolute atomic E-state index is 0.101. The number of carbonyl (C=O) groups excluding carboxylic acids is 1. The zero-order valence-electron chi connectivity index (χ0n) is 11.7. The van der Waals surface area contributed by atoms with Gasteiger partial charge in [0.1, 0.15) is 0 Å². The Balaban J connectivity index is 2.78. The van der Waals surface area contributed by atoms with Crippen molar-refractivity contribution in [1.82, 2.24) is 4.98 Å². The molecule has 0 amide bonds. The maximum Gasteiger partial charge on any atom is 0.416 e. The summed E-state index contributed by atoms with van der Waals surface area (Å²) in [5.74, 6) is 0.226. The van der Waals surface area contributed by atoms with Crippen molar-refractivity contribution in [1.29, 1.82) is 0 Å². The number of aromatic nitrogens is 1. The summed E-state index contributed by atoms with van der Waals surface area (Å²) >= 11 is 0. The topological polar surface area (TPSA) is 51.6 Å². The average molecular weight is 308 g/mol. The Morgan fingerprint density at radius 3 is 2.55 bits per heavy atom. The molecule has 4 nitrogen and oxygen atoms in total. The zero-order valence-corrected chi connectivity index (χ0v) is 11.7. The number of methoxy groups -OCH3 is 1. The number of hydrogen-bond acceptors (Lipinski definition) is 4. The van der Waals surface area contributed by atoms with Gasteiger partial charge in [-0.05, 0) is 30.7 Å². The Labute approximate surface area is 124 Å². The number of benzene rings is 1. The summed E-state index contributed by atoms with van der Waals surface area (Å²) in [6.45, 7) is 1.26. The first-order chi connectivity index (χ1) is 10.4. The summed E-state index contributed by atoms with van der Waals surface area (Å²) in [6, 6.07) is 5.42. The van der Waals surface area contributed by atoms with Crippen molar-refractivity contribution in [2.24, 2.45) is 4.99 Å². The molecule has 114 valence electrons. The fraction of sp³-hybridized carbons (Fsp3) is 0.200. The van der Waals surface area contributed by atoms with Gasteiger partial charge in [0.15, 0.2) is 0 Å². The van der Waals surface area contributed by atoms with E-state index in [2.05, 4.69) is 9.98 Å². The van der Waals surface area contributed by atoms with E-state index < -0.39 is 11.7 Å². The second kappa shape index (κ2) is 5.99. The summed E-state index contributed by atoms with van der Waals surface area (Å²) in [6.07, 6.45) is -1.75. The first-order valence-electron chi connectivity index (χ1n) is 6.18. The molecule has 1 aromatic heterocycles. The predicted molar refractivity (Wildman–Crippen MR) is 73.7 cm³/mol. The first-order valence-corrected chi connectivity index (χ1v) is 6.18. The van der Waals surface area contributed by atoms with E-state index in [1.54, 1.807) is 12.1 Å². The molecule has 0 unspecified atom stereocenters. The van der Waals surface area contributed by atoms with E-state index >= 15 is 0 Å². The third-order valence-corrected chi connectivity index (χ3v) is 3.15. The third kappa shape index (κ3) is 2.84. The van der Waals surface area contributed by atoms with Crippen LogP contribution in [0.25, 0.3) is 11.1 Å².